The normalized spacial score (nSPS) is 13.3. The van der Waals surface area contributed by atoms with Crippen molar-refractivity contribution in [1.29, 1.82) is 0 Å². The van der Waals surface area contributed by atoms with Gasteiger partial charge in [0.25, 0.3) is 0 Å². The van der Waals surface area contributed by atoms with Crippen molar-refractivity contribution in [2.75, 3.05) is 20.6 Å². The van der Waals surface area contributed by atoms with E-state index in [9.17, 15) is 4.79 Å². The molecule has 0 aromatic heterocycles. The van der Waals surface area contributed by atoms with Gasteiger partial charge < -0.3 is 5.32 Å². The van der Waals surface area contributed by atoms with E-state index in [1.807, 2.05) is 43.3 Å². The van der Waals surface area contributed by atoms with Gasteiger partial charge in [0.05, 0.1) is 0 Å². The molecule has 3 nitrogen and oxygen atoms in total. The molecule has 0 aliphatic rings. The smallest absolute Gasteiger partial charge is 0.241 e. The van der Waals surface area contributed by atoms with Crippen LogP contribution in [0.1, 0.15) is 44.4 Å². The van der Waals surface area contributed by atoms with E-state index < -0.39 is 0 Å². The first-order valence-electron chi connectivity index (χ1n) is 7.21. The second-order valence-electron chi connectivity index (χ2n) is 6.88. The zero-order valence-corrected chi connectivity index (χ0v) is 13.7. The number of benzene rings is 1. The van der Waals surface area contributed by atoms with Gasteiger partial charge in [0.1, 0.15) is 6.04 Å². The standard InChI is InChI=1S/C17H28N2O/c1-13-7-9-14(10-8-13)15(19(5)6)16(20)18-12-11-17(2,3)4/h7-10,15H,11-12H2,1-6H3,(H,18,20). The number of nitrogens with zero attached hydrogens (tertiary/aromatic N) is 1. The van der Waals surface area contributed by atoms with Gasteiger partial charge in [-0.15, -0.1) is 0 Å². The van der Waals surface area contributed by atoms with E-state index in [0.29, 0.717) is 0 Å². The van der Waals surface area contributed by atoms with Gasteiger partial charge in [-0.25, -0.2) is 0 Å². The van der Waals surface area contributed by atoms with Crippen LogP contribution in [0.4, 0.5) is 0 Å². The Morgan fingerprint density at radius 2 is 1.75 bits per heavy atom. The molecule has 0 bridgehead atoms. The number of amides is 1. The van der Waals surface area contributed by atoms with Crippen LogP contribution in [0, 0.1) is 12.3 Å². The predicted molar refractivity (Wildman–Crippen MR) is 84.7 cm³/mol. The lowest BCUT2D eigenvalue weighted by Gasteiger charge is -2.25. The van der Waals surface area contributed by atoms with Gasteiger partial charge in [0, 0.05) is 6.54 Å². The van der Waals surface area contributed by atoms with Crippen LogP contribution in [0.15, 0.2) is 24.3 Å². The summed E-state index contributed by atoms with van der Waals surface area (Å²) in [7, 11) is 3.88. The average molecular weight is 276 g/mol. The Bertz CT molecular complexity index is 429. The highest BCUT2D eigenvalue weighted by Crippen LogP contribution is 2.20. The van der Waals surface area contributed by atoms with Gasteiger partial charge in [0.2, 0.25) is 5.91 Å². The molecule has 1 atom stereocenters. The monoisotopic (exact) mass is 276 g/mol. The molecule has 1 aromatic carbocycles. The van der Waals surface area contributed by atoms with Crippen molar-refractivity contribution in [3.63, 3.8) is 0 Å². The molecule has 0 aliphatic carbocycles. The molecule has 1 amide bonds. The number of carbonyl (C=O) groups is 1. The molecular formula is C17H28N2O. The molecule has 0 spiro atoms. The fourth-order valence-corrected chi connectivity index (χ4v) is 2.09. The number of carbonyl (C=O) groups excluding carboxylic acids is 1. The summed E-state index contributed by atoms with van der Waals surface area (Å²) >= 11 is 0. The van der Waals surface area contributed by atoms with E-state index in [1.165, 1.54) is 5.56 Å². The predicted octanol–water partition coefficient (Wildman–Crippen LogP) is 3.15. The Kier molecular flexibility index (Phi) is 5.75. The molecule has 20 heavy (non-hydrogen) atoms. The first-order valence-corrected chi connectivity index (χ1v) is 7.21. The molecule has 0 saturated heterocycles. The van der Waals surface area contributed by atoms with Crippen LogP contribution < -0.4 is 5.32 Å². The summed E-state index contributed by atoms with van der Waals surface area (Å²) in [6.45, 7) is 9.32. The maximum absolute atomic E-state index is 12.4. The van der Waals surface area contributed by atoms with Crippen molar-refractivity contribution in [1.82, 2.24) is 10.2 Å². The van der Waals surface area contributed by atoms with Crippen molar-refractivity contribution in [3.8, 4) is 0 Å². The van der Waals surface area contributed by atoms with Gasteiger partial charge >= 0.3 is 0 Å². The van der Waals surface area contributed by atoms with E-state index in [-0.39, 0.29) is 17.4 Å². The lowest BCUT2D eigenvalue weighted by Crippen LogP contribution is -2.38. The highest BCUT2D eigenvalue weighted by atomic mass is 16.2. The van der Waals surface area contributed by atoms with Gasteiger partial charge in [-0.1, -0.05) is 50.6 Å². The third-order valence-corrected chi connectivity index (χ3v) is 3.33. The lowest BCUT2D eigenvalue weighted by molar-refractivity contribution is -0.125. The van der Waals surface area contributed by atoms with E-state index in [2.05, 4.69) is 33.0 Å². The molecule has 0 aliphatic heterocycles. The van der Waals surface area contributed by atoms with E-state index in [1.54, 1.807) is 0 Å². The van der Waals surface area contributed by atoms with Crippen molar-refractivity contribution in [2.45, 2.75) is 40.2 Å². The molecule has 0 radical (unpaired) electrons. The molecule has 1 unspecified atom stereocenters. The topological polar surface area (TPSA) is 32.3 Å². The minimum absolute atomic E-state index is 0.0723. The third kappa shape index (κ3) is 5.33. The van der Waals surface area contributed by atoms with Gasteiger partial charge in [-0.3, -0.25) is 9.69 Å². The van der Waals surface area contributed by atoms with Crippen molar-refractivity contribution < 1.29 is 4.79 Å². The summed E-state index contributed by atoms with van der Waals surface area (Å²) < 4.78 is 0. The van der Waals surface area contributed by atoms with Crippen molar-refractivity contribution >= 4 is 5.91 Å². The number of likely N-dealkylation sites (N-methyl/N-ethyl adjacent to an activating group) is 1. The molecule has 3 heteroatoms. The quantitative estimate of drug-likeness (QED) is 0.896. The maximum atomic E-state index is 12.4. The number of nitrogens with one attached hydrogen (secondary N) is 1. The number of rotatable bonds is 5. The molecule has 1 rings (SSSR count). The Morgan fingerprint density at radius 1 is 1.20 bits per heavy atom. The Hall–Kier alpha value is -1.35. The van der Waals surface area contributed by atoms with E-state index >= 15 is 0 Å². The largest absolute Gasteiger partial charge is 0.354 e. The summed E-state index contributed by atoms with van der Waals surface area (Å²) in [5.41, 5.74) is 2.48. The van der Waals surface area contributed by atoms with Gasteiger partial charge in [-0.05, 0) is 38.4 Å². The zero-order valence-electron chi connectivity index (χ0n) is 13.7. The van der Waals surface area contributed by atoms with Crippen LogP contribution in [0.25, 0.3) is 0 Å². The molecule has 1 N–H and O–H groups in total. The van der Waals surface area contributed by atoms with Crippen LogP contribution in [0.2, 0.25) is 0 Å². The van der Waals surface area contributed by atoms with Gasteiger partial charge in [-0.2, -0.15) is 0 Å². The fourth-order valence-electron chi connectivity index (χ4n) is 2.09. The number of hydrogen-bond donors (Lipinski definition) is 1. The summed E-state index contributed by atoms with van der Waals surface area (Å²) in [6.07, 6.45) is 0.979. The zero-order chi connectivity index (χ0) is 15.3. The first-order chi connectivity index (χ1) is 9.20. The van der Waals surface area contributed by atoms with Crippen LogP contribution >= 0.6 is 0 Å². The van der Waals surface area contributed by atoms with Crippen LogP contribution in [0.3, 0.4) is 0 Å². The lowest BCUT2D eigenvalue weighted by atomic mass is 9.92. The van der Waals surface area contributed by atoms with E-state index in [0.717, 1.165) is 18.5 Å². The van der Waals surface area contributed by atoms with Crippen molar-refractivity contribution in [2.24, 2.45) is 5.41 Å². The van der Waals surface area contributed by atoms with Crippen LogP contribution in [-0.4, -0.2) is 31.4 Å². The average Bonchev–Trinajstić information content (AvgIpc) is 2.30. The fraction of sp³-hybridized carbons (Fsp3) is 0.588. The Morgan fingerprint density at radius 3 is 2.20 bits per heavy atom. The first kappa shape index (κ1) is 16.7. The number of hydrogen-bond acceptors (Lipinski definition) is 2. The molecule has 0 heterocycles. The summed E-state index contributed by atoms with van der Waals surface area (Å²) in [5, 5.41) is 3.05. The minimum Gasteiger partial charge on any atom is -0.354 e. The van der Waals surface area contributed by atoms with E-state index in [4.69, 9.17) is 0 Å². The summed E-state index contributed by atoms with van der Waals surface area (Å²) in [6, 6.07) is 7.94. The second-order valence-corrected chi connectivity index (χ2v) is 6.88. The summed E-state index contributed by atoms with van der Waals surface area (Å²) in [4.78, 5) is 14.4. The van der Waals surface area contributed by atoms with Crippen LogP contribution in [0.5, 0.6) is 0 Å². The minimum atomic E-state index is -0.226. The highest BCUT2D eigenvalue weighted by Gasteiger charge is 2.22. The highest BCUT2D eigenvalue weighted by molar-refractivity contribution is 5.83. The third-order valence-electron chi connectivity index (χ3n) is 3.33. The van der Waals surface area contributed by atoms with Gasteiger partial charge in [0.15, 0.2) is 0 Å². The SMILES string of the molecule is Cc1ccc(C(C(=O)NCCC(C)(C)C)N(C)C)cc1. The van der Waals surface area contributed by atoms with Crippen molar-refractivity contribution in [3.05, 3.63) is 35.4 Å². The molecule has 1 aromatic rings. The molecule has 0 fully saturated rings. The number of aryl methyl sites for hydroxylation is 1. The molecular weight excluding hydrogens is 248 g/mol. The maximum Gasteiger partial charge on any atom is 0.241 e. The van der Waals surface area contributed by atoms with Crippen LogP contribution in [-0.2, 0) is 4.79 Å². The second kappa shape index (κ2) is 6.89. The Balaban J connectivity index is 2.71. The summed E-state index contributed by atoms with van der Waals surface area (Å²) in [5.74, 6) is 0.0723. The Labute approximate surface area is 123 Å². The molecule has 0 saturated carbocycles. The molecule has 112 valence electrons.